The Morgan fingerprint density at radius 2 is 2.10 bits per heavy atom. The Kier molecular flexibility index (Phi) is 5.50. The van der Waals surface area contributed by atoms with E-state index < -0.39 is 0 Å². The van der Waals surface area contributed by atoms with E-state index in [-0.39, 0.29) is 11.7 Å². The molecule has 7 heteroatoms. The number of carbonyl (C=O) groups is 1. The molecule has 0 unspecified atom stereocenters. The maximum absolute atomic E-state index is 13.6. The number of carbonyl (C=O) groups excluding carboxylic acids is 1. The van der Waals surface area contributed by atoms with Crippen LogP contribution in [0, 0.1) is 19.7 Å². The summed E-state index contributed by atoms with van der Waals surface area (Å²) in [5, 5.41) is 1.06. The first-order chi connectivity index (χ1) is 13.9. The van der Waals surface area contributed by atoms with Gasteiger partial charge in [0.2, 0.25) is 5.91 Å². The summed E-state index contributed by atoms with van der Waals surface area (Å²) >= 11 is 1.67. The van der Waals surface area contributed by atoms with E-state index in [1.165, 1.54) is 10.9 Å². The zero-order valence-electron chi connectivity index (χ0n) is 17.0. The minimum absolute atomic E-state index is 0.103. The highest BCUT2D eigenvalue weighted by Crippen LogP contribution is 2.28. The monoisotopic (exact) mass is 412 g/mol. The SMILES string of the molecule is CCCC1=NC(c2ccc(F)c(C)c2)=CCN1CC(=O)N1Cc2nc(C)sc2C1. The molecule has 0 aliphatic carbocycles. The van der Waals surface area contributed by atoms with Gasteiger partial charge in [-0.3, -0.25) is 4.79 Å². The molecule has 0 fully saturated rings. The molecule has 1 amide bonds. The van der Waals surface area contributed by atoms with Gasteiger partial charge in [-0.25, -0.2) is 14.4 Å². The van der Waals surface area contributed by atoms with Crippen LogP contribution in [0.5, 0.6) is 0 Å². The van der Waals surface area contributed by atoms with Crippen molar-refractivity contribution in [3.63, 3.8) is 0 Å². The van der Waals surface area contributed by atoms with E-state index in [2.05, 4.69) is 16.8 Å². The van der Waals surface area contributed by atoms with Gasteiger partial charge in [0.25, 0.3) is 0 Å². The van der Waals surface area contributed by atoms with Crippen molar-refractivity contribution in [3.8, 4) is 0 Å². The summed E-state index contributed by atoms with van der Waals surface area (Å²) in [4.78, 5) is 27.4. The summed E-state index contributed by atoms with van der Waals surface area (Å²) in [6, 6.07) is 5.07. The lowest BCUT2D eigenvalue weighted by atomic mass is 10.1. The third kappa shape index (κ3) is 4.10. The number of aromatic nitrogens is 1. The van der Waals surface area contributed by atoms with Gasteiger partial charge in [0.1, 0.15) is 11.7 Å². The molecule has 2 aliphatic heterocycles. The lowest BCUT2D eigenvalue weighted by Gasteiger charge is -2.30. The second-order valence-corrected chi connectivity index (χ2v) is 8.85. The van der Waals surface area contributed by atoms with Crippen LogP contribution in [-0.4, -0.2) is 39.6 Å². The highest BCUT2D eigenvalue weighted by Gasteiger charge is 2.28. The van der Waals surface area contributed by atoms with Crippen molar-refractivity contribution in [3.05, 3.63) is 56.8 Å². The van der Waals surface area contributed by atoms with E-state index in [0.29, 0.717) is 31.7 Å². The number of halogens is 1. The van der Waals surface area contributed by atoms with Crippen LogP contribution in [0.3, 0.4) is 0 Å². The predicted octanol–water partition coefficient (Wildman–Crippen LogP) is 4.30. The highest BCUT2D eigenvalue weighted by molar-refractivity contribution is 7.11. The van der Waals surface area contributed by atoms with E-state index in [0.717, 1.165) is 40.6 Å². The minimum Gasteiger partial charge on any atom is -0.347 e. The smallest absolute Gasteiger partial charge is 0.242 e. The number of hydrogen-bond donors (Lipinski definition) is 0. The Morgan fingerprint density at radius 1 is 1.28 bits per heavy atom. The molecule has 0 N–H and O–H groups in total. The lowest BCUT2D eigenvalue weighted by molar-refractivity contribution is -0.132. The van der Waals surface area contributed by atoms with E-state index in [9.17, 15) is 9.18 Å². The molecule has 5 nitrogen and oxygen atoms in total. The van der Waals surface area contributed by atoms with E-state index in [1.54, 1.807) is 24.3 Å². The van der Waals surface area contributed by atoms with Gasteiger partial charge >= 0.3 is 0 Å². The molecule has 4 rings (SSSR count). The molecule has 0 saturated carbocycles. The summed E-state index contributed by atoms with van der Waals surface area (Å²) in [7, 11) is 0. The largest absolute Gasteiger partial charge is 0.347 e. The Labute approximate surface area is 174 Å². The van der Waals surface area contributed by atoms with Crippen molar-refractivity contribution in [2.45, 2.75) is 46.7 Å². The maximum Gasteiger partial charge on any atom is 0.242 e. The average Bonchev–Trinajstić information content (AvgIpc) is 3.23. The highest BCUT2D eigenvalue weighted by atomic mass is 32.1. The fourth-order valence-corrected chi connectivity index (χ4v) is 4.71. The molecule has 0 saturated heterocycles. The Morgan fingerprint density at radius 3 is 2.83 bits per heavy atom. The molecular weight excluding hydrogens is 387 g/mol. The summed E-state index contributed by atoms with van der Waals surface area (Å²) in [5.41, 5.74) is 3.41. The van der Waals surface area contributed by atoms with Crippen molar-refractivity contribution in [1.82, 2.24) is 14.8 Å². The normalized spacial score (nSPS) is 16.0. The third-order valence-electron chi connectivity index (χ3n) is 5.29. The van der Waals surface area contributed by atoms with Gasteiger partial charge in [-0.2, -0.15) is 0 Å². The summed E-state index contributed by atoms with van der Waals surface area (Å²) in [6.07, 6.45) is 3.77. The van der Waals surface area contributed by atoms with Gasteiger partial charge in [-0.15, -0.1) is 11.3 Å². The topological polar surface area (TPSA) is 48.8 Å². The van der Waals surface area contributed by atoms with Gasteiger partial charge in [0, 0.05) is 23.4 Å². The lowest BCUT2D eigenvalue weighted by Crippen LogP contribution is -2.42. The van der Waals surface area contributed by atoms with Crippen molar-refractivity contribution < 1.29 is 9.18 Å². The van der Waals surface area contributed by atoms with Gasteiger partial charge in [-0.1, -0.05) is 6.92 Å². The summed E-state index contributed by atoms with van der Waals surface area (Å²) in [6.45, 7) is 8.07. The number of fused-ring (bicyclic) bond motifs is 1. The van der Waals surface area contributed by atoms with Crippen molar-refractivity contribution in [2.24, 2.45) is 4.99 Å². The first kappa shape index (κ1) is 19.8. The second kappa shape index (κ2) is 8.06. The maximum atomic E-state index is 13.6. The Balaban J connectivity index is 1.46. The third-order valence-corrected chi connectivity index (χ3v) is 6.28. The molecule has 1 aromatic carbocycles. The van der Waals surface area contributed by atoms with Crippen LogP contribution in [0.1, 0.15) is 46.5 Å². The second-order valence-electron chi connectivity index (χ2n) is 7.56. The molecule has 1 aromatic heterocycles. The predicted molar refractivity (Wildman–Crippen MR) is 114 cm³/mol. The van der Waals surface area contributed by atoms with E-state index in [4.69, 9.17) is 4.99 Å². The van der Waals surface area contributed by atoms with Crippen molar-refractivity contribution >= 4 is 28.8 Å². The van der Waals surface area contributed by atoms with Crippen LogP contribution in [0.2, 0.25) is 0 Å². The molecule has 152 valence electrons. The molecule has 0 radical (unpaired) electrons. The number of rotatable bonds is 5. The molecule has 2 aromatic rings. The van der Waals surface area contributed by atoms with Crippen LogP contribution in [0.25, 0.3) is 5.70 Å². The van der Waals surface area contributed by atoms with Crippen LogP contribution >= 0.6 is 11.3 Å². The van der Waals surface area contributed by atoms with Gasteiger partial charge in [0.15, 0.2) is 0 Å². The molecular formula is C22H25FN4OS. The van der Waals surface area contributed by atoms with Gasteiger partial charge in [-0.05, 0) is 50.1 Å². The van der Waals surface area contributed by atoms with Crippen LogP contribution in [-0.2, 0) is 17.9 Å². The molecule has 0 spiro atoms. The zero-order chi connectivity index (χ0) is 20.5. The first-order valence-corrected chi connectivity index (χ1v) is 10.8. The number of amides is 1. The fourth-order valence-electron chi connectivity index (χ4n) is 3.75. The molecule has 0 bridgehead atoms. The number of thiazole rings is 1. The van der Waals surface area contributed by atoms with Crippen LogP contribution < -0.4 is 0 Å². The van der Waals surface area contributed by atoms with E-state index in [1.807, 2.05) is 24.0 Å². The van der Waals surface area contributed by atoms with Gasteiger partial charge in [0.05, 0.1) is 36.0 Å². The molecule has 2 aliphatic rings. The summed E-state index contributed by atoms with van der Waals surface area (Å²) in [5.74, 6) is 0.813. The van der Waals surface area contributed by atoms with Crippen molar-refractivity contribution in [2.75, 3.05) is 13.1 Å². The molecule has 0 atom stereocenters. The number of benzene rings is 1. The quantitative estimate of drug-likeness (QED) is 0.736. The van der Waals surface area contributed by atoms with Crippen LogP contribution in [0.15, 0.2) is 29.3 Å². The Bertz CT molecular complexity index is 987. The number of nitrogens with zero attached hydrogens (tertiary/aromatic N) is 4. The average molecular weight is 413 g/mol. The van der Waals surface area contributed by atoms with Gasteiger partial charge < -0.3 is 9.80 Å². The summed E-state index contributed by atoms with van der Waals surface area (Å²) < 4.78 is 13.6. The number of hydrogen-bond acceptors (Lipinski definition) is 5. The van der Waals surface area contributed by atoms with E-state index >= 15 is 0 Å². The van der Waals surface area contributed by atoms with Crippen molar-refractivity contribution in [1.29, 1.82) is 0 Å². The van der Waals surface area contributed by atoms with Crippen LogP contribution in [0.4, 0.5) is 4.39 Å². The molecule has 3 heterocycles. The Hall–Kier alpha value is -2.54. The number of amidine groups is 1. The fraction of sp³-hybridized carbons (Fsp3) is 0.409. The number of aliphatic imine (C=N–C) groups is 1. The molecule has 29 heavy (non-hydrogen) atoms. The minimum atomic E-state index is -0.209. The number of aryl methyl sites for hydroxylation is 2. The standard InChI is InChI=1S/C22H25FN4OS/c1-4-5-21-25-18(16-6-7-17(23)14(2)10-16)8-9-26(21)13-22(28)27-11-19-20(12-27)29-15(3)24-19/h6-8,10H,4-5,9,11-13H2,1-3H3. The zero-order valence-corrected chi connectivity index (χ0v) is 17.9. The first-order valence-electron chi connectivity index (χ1n) is 9.96.